The van der Waals surface area contributed by atoms with E-state index in [0.29, 0.717) is 54.9 Å². The van der Waals surface area contributed by atoms with E-state index in [1.807, 2.05) is 12.1 Å². The number of ether oxygens (including phenoxy) is 1. The smallest absolute Gasteiger partial charge is 0.318 e. The molecule has 2 fully saturated rings. The van der Waals surface area contributed by atoms with Gasteiger partial charge in [-0.3, -0.25) is 4.79 Å². The number of aromatic nitrogens is 2. The van der Waals surface area contributed by atoms with E-state index in [1.54, 1.807) is 11.0 Å². The molecule has 9 nitrogen and oxygen atoms in total. The maximum atomic E-state index is 12.5. The first kappa shape index (κ1) is 28.5. The van der Waals surface area contributed by atoms with Gasteiger partial charge >= 0.3 is 6.01 Å². The van der Waals surface area contributed by atoms with Crippen molar-refractivity contribution in [2.24, 2.45) is 0 Å². The summed E-state index contributed by atoms with van der Waals surface area (Å²) >= 11 is 13.0. The third kappa shape index (κ3) is 5.99. The molecule has 0 radical (unpaired) electrons. The molecule has 0 aliphatic carbocycles. The summed E-state index contributed by atoms with van der Waals surface area (Å²) in [6, 6.07) is 8.37. The van der Waals surface area contributed by atoms with Crippen LogP contribution < -0.4 is 14.5 Å². The highest BCUT2D eigenvalue weighted by atomic mass is 35.5. The molecule has 2 aromatic rings. The Morgan fingerprint density at radius 1 is 1.18 bits per heavy atom. The molecule has 1 amide bonds. The quantitative estimate of drug-likeness (QED) is 0.445. The lowest BCUT2D eigenvalue weighted by atomic mass is 10.1. The normalized spacial score (nSPS) is 21.5. The lowest BCUT2D eigenvalue weighted by Gasteiger charge is -2.41. The Bertz CT molecular complexity index is 1300. The van der Waals surface area contributed by atoms with Gasteiger partial charge in [-0.05, 0) is 57.5 Å². The van der Waals surface area contributed by atoms with Gasteiger partial charge in [-0.1, -0.05) is 35.8 Å². The van der Waals surface area contributed by atoms with Gasteiger partial charge in [-0.25, -0.2) is 0 Å². The molecule has 2 saturated heterocycles. The van der Waals surface area contributed by atoms with E-state index in [4.69, 9.17) is 37.9 Å². The molecule has 1 aromatic heterocycles. The second kappa shape index (κ2) is 12.6. The van der Waals surface area contributed by atoms with E-state index >= 15 is 0 Å². The van der Waals surface area contributed by atoms with E-state index in [9.17, 15) is 10.1 Å². The van der Waals surface area contributed by atoms with Crippen molar-refractivity contribution in [1.82, 2.24) is 19.8 Å². The lowest BCUT2D eigenvalue weighted by molar-refractivity contribution is -0.128. The van der Waals surface area contributed by atoms with E-state index < -0.39 is 0 Å². The molecule has 0 spiro atoms. The molecule has 0 bridgehead atoms. The predicted octanol–water partition coefficient (Wildman–Crippen LogP) is 4.33. The van der Waals surface area contributed by atoms with Crippen LogP contribution in [0.3, 0.4) is 0 Å². The summed E-state index contributed by atoms with van der Waals surface area (Å²) in [7, 11) is 2.12. The number of likely N-dealkylation sites (N-methyl/N-ethyl adjacent to an activating group) is 1. The molecule has 5 rings (SSSR count). The van der Waals surface area contributed by atoms with Crippen LogP contribution in [0.4, 0.5) is 11.5 Å². The number of amides is 1. The number of nitriles is 1. The largest absolute Gasteiger partial charge is 0.462 e. The Morgan fingerprint density at radius 3 is 2.77 bits per heavy atom. The number of anilines is 2. The van der Waals surface area contributed by atoms with Crippen molar-refractivity contribution in [2.45, 2.75) is 50.7 Å². The molecule has 1 aromatic carbocycles. The van der Waals surface area contributed by atoms with Crippen molar-refractivity contribution < 1.29 is 9.53 Å². The third-order valence-corrected chi connectivity index (χ3v) is 8.97. The molecule has 3 aliphatic rings. The predicted molar refractivity (Wildman–Crippen MR) is 157 cm³/mol. The van der Waals surface area contributed by atoms with Gasteiger partial charge in [0.2, 0.25) is 5.91 Å². The van der Waals surface area contributed by atoms with E-state index in [-0.39, 0.29) is 18.4 Å². The Labute approximate surface area is 245 Å². The molecule has 0 saturated carbocycles. The lowest BCUT2D eigenvalue weighted by Crippen LogP contribution is -2.55. The highest BCUT2D eigenvalue weighted by Gasteiger charge is 2.33. The summed E-state index contributed by atoms with van der Waals surface area (Å²) in [5, 5.41) is 10.5. The average Bonchev–Trinajstić information content (AvgIpc) is 3.25. The third-order valence-electron chi connectivity index (χ3n) is 8.16. The van der Waals surface area contributed by atoms with Crippen LogP contribution in [0.1, 0.15) is 36.9 Å². The highest BCUT2D eigenvalue weighted by Crippen LogP contribution is 2.36. The Morgan fingerprint density at radius 2 is 2.02 bits per heavy atom. The van der Waals surface area contributed by atoms with Crippen molar-refractivity contribution in [3.63, 3.8) is 0 Å². The van der Waals surface area contributed by atoms with Crippen LogP contribution in [-0.2, 0) is 17.8 Å². The number of hydrogen-bond acceptors (Lipinski definition) is 8. The van der Waals surface area contributed by atoms with E-state index in [1.165, 1.54) is 6.08 Å². The number of carbonyl (C=O) groups excluding carboxylic acids is 1. The number of benzene rings is 1. The monoisotopic (exact) mass is 583 g/mol. The van der Waals surface area contributed by atoms with Gasteiger partial charge in [0.1, 0.15) is 12.4 Å². The van der Waals surface area contributed by atoms with Crippen LogP contribution in [0.25, 0.3) is 0 Å². The van der Waals surface area contributed by atoms with Crippen molar-refractivity contribution >= 4 is 40.6 Å². The number of halogens is 2. The first-order valence-corrected chi connectivity index (χ1v) is 14.6. The number of carbonyl (C=O) groups is 1. The highest BCUT2D eigenvalue weighted by molar-refractivity contribution is 6.43. The summed E-state index contributed by atoms with van der Waals surface area (Å²) in [5.41, 5.74) is 2.85. The van der Waals surface area contributed by atoms with Crippen LogP contribution >= 0.6 is 23.2 Å². The summed E-state index contributed by atoms with van der Waals surface area (Å²) in [4.78, 5) is 30.8. The van der Waals surface area contributed by atoms with Gasteiger partial charge in [0.15, 0.2) is 0 Å². The van der Waals surface area contributed by atoms with E-state index in [2.05, 4.69) is 34.4 Å². The van der Waals surface area contributed by atoms with Crippen LogP contribution in [0.2, 0.25) is 10.0 Å². The molecule has 3 aliphatic heterocycles. The standard InChI is InChI=1S/C29H35Cl2N7O2/c1-3-26(39)38-16-15-37(17-20(38)11-12-32)28-22-8-6-14-36(25-10-4-9-23(30)27(25)31)18-24(22)33-29(34-28)40-19-21-7-5-13-35(21)2/h3-4,9-10,20-21H,1,5-8,11,13-19H2,2H3/t20-,21-/m0/s1. The zero-order valence-corrected chi connectivity index (χ0v) is 24.4. The fourth-order valence-electron chi connectivity index (χ4n) is 5.95. The van der Waals surface area contributed by atoms with Gasteiger partial charge < -0.3 is 24.3 Å². The minimum Gasteiger partial charge on any atom is -0.462 e. The Balaban J connectivity index is 1.49. The van der Waals surface area contributed by atoms with Crippen LogP contribution in [0.5, 0.6) is 6.01 Å². The van der Waals surface area contributed by atoms with Crippen LogP contribution in [0, 0.1) is 11.3 Å². The van der Waals surface area contributed by atoms with Gasteiger partial charge in [-0.15, -0.1) is 0 Å². The summed E-state index contributed by atoms with van der Waals surface area (Å²) in [6.07, 6.45) is 5.48. The number of hydrogen-bond donors (Lipinski definition) is 0. The summed E-state index contributed by atoms with van der Waals surface area (Å²) < 4.78 is 6.25. The van der Waals surface area contributed by atoms with E-state index in [0.717, 1.165) is 61.5 Å². The number of likely N-dealkylation sites (tertiary alicyclic amines) is 1. The molecule has 40 heavy (non-hydrogen) atoms. The topological polar surface area (TPSA) is 88.8 Å². The van der Waals surface area contributed by atoms with Gasteiger partial charge in [0.05, 0.1) is 46.5 Å². The second-order valence-electron chi connectivity index (χ2n) is 10.6. The molecule has 11 heteroatoms. The van der Waals surface area contributed by atoms with Crippen molar-refractivity contribution in [1.29, 1.82) is 5.26 Å². The maximum absolute atomic E-state index is 12.5. The van der Waals surface area contributed by atoms with Crippen LogP contribution in [-0.4, -0.2) is 84.1 Å². The maximum Gasteiger partial charge on any atom is 0.318 e. The van der Waals surface area contributed by atoms with Crippen LogP contribution in [0.15, 0.2) is 30.9 Å². The van der Waals surface area contributed by atoms with Gasteiger partial charge in [0, 0.05) is 37.8 Å². The SMILES string of the molecule is C=CC(=O)N1CCN(c2nc(OC[C@@H]3CCCN3C)nc3c2CCCN(c2cccc(Cl)c2Cl)C3)C[C@@H]1CC#N. The molecule has 0 N–H and O–H groups in total. The van der Waals surface area contributed by atoms with Crippen molar-refractivity contribution in [2.75, 3.05) is 56.2 Å². The summed E-state index contributed by atoms with van der Waals surface area (Å²) in [5.74, 6) is 0.674. The number of fused-ring (bicyclic) bond motifs is 1. The fraction of sp³-hybridized carbons (Fsp3) is 0.517. The zero-order chi connectivity index (χ0) is 28.2. The van der Waals surface area contributed by atoms with Gasteiger partial charge in [-0.2, -0.15) is 15.2 Å². The molecule has 2 atom stereocenters. The number of rotatable bonds is 7. The second-order valence-corrected chi connectivity index (χ2v) is 11.4. The number of piperazine rings is 1. The van der Waals surface area contributed by atoms with Gasteiger partial charge in [0.25, 0.3) is 0 Å². The van der Waals surface area contributed by atoms with Crippen molar-refractivity contribution in [3.8, 4) is 12.1 Å². The molecule has 212 valence electrons. The molecule has 4 heterocycles. The first-order valence-electron chi connectivity index (χ1n) is 13.9. The average molecular weight is 585 g/mol. The Hall–Kier alpha value is -3.06. The minimum absolute atomic E-state index is 0.153. The fourth-order valence-corrected chi connectivity index (χ4v) is 6.37. The molecular weight excluding hydrogens is 549 g/mol. The number of nitrogens with zero attached hydrogens (tertiary/aromatic N) is 7. The first-order chi connectivity index (χ1) is 19.4. The Kier molecular flexibility index (Phi) is 8.99. The van der Waals surface area contributed by atoms with Crippen molar-refractivity contribution in [3.05, 3.63) is 52.2 Å². The zero-order valence-electron chi connectivity index (χ0n) is 22.9. The molecule has 0 unspecified atom stereocenters. The summed E-state index contributed by atoms with van der Waals surface area (Å²) in [6.45, 7) is 8.15. The molecular formula is C29H35Cl2N7O2. The minimum atomic E-state index is -0.251.